The molecule has 0 unspecified atom stereocenters. The Labute approximate surface area is 83.7 Å². The third kappa shape index (κ3) is 1.87. The number of ketones is 1. The lowest BCUT2D eigenvalue weighted by Gasteiger charge is -2.06. The molecule has 0 N–H and O–H groups in total. The quantitative estimate of drug-likeness (QED) is 0.674. The zero-order chi connectivity index (χ0) is 11.1. The average molecular weight is 216 g/mol. The molecule has 0 aromatic heterocycles. The third-order valence-corrected chi connectivity index (χ3v) is 2.24. The molecule has 15 heavy (non-hydrogen) atoms. The summed E-state index contributed by atoms with van der Waals surface area (Å²) in [6.45, 7) is 0.671. The van der Waals surface area contributed by atoms with Crippen LogP contribution in [0, 0.1) is 0 Å². The van der Waals surface area contributed by atoms with Crippen LogP contribution in [0.3, 0.4) is 0 Å². The minimum atomic E-state index is -4.81. The van der Waals surface area contributed by atoms with Crippen LogP contribution in [0.15, 0.2) is 18.2 Å². The number of benzene rings is 1. The van der Waals surface area contributed by atoms with Crippen molar-refractivity contribution in [1.82, 2.24) is 0 Å². The topological polar surface area (TPSA) is 26.3 Å². The number of alkyl halides is 3. The second-order valence-corrected chi connectivity index (χ2v) is 3.30. The van der Waals surface area contributed by atoms with Gasteiger partial charge in [-0.3, -0.25) is 4.79 Å². The summed E-state index contributed by atoms with van der Waals surface area (Å²) < 4.78 is 41.4. The highest BCUT2D eigenvalue weighted by Gasteiger charge is 2.39. The number of hydrogen-bond donors (Lipinski definition) is 0. The second-order valence-electron chi connectivity index (χ2n) is 3.30. The van der Waals surface area contributed by atoms with Crippen LogP contribution in [-0.2, 0) is 18.0 Å². The fourth-order valence-electron chi connectivity index (χ4n) is 1.48. The molecule has 1 aliphatic heterocycles. The van der Waals surface area contributed by atoms with Crippen LogP contribution in [0.25, 0.3) is 0 Å². The van der Waals surface area contributed by atoms with Crippen LogP contribution in [0.4, 0.5) is 13.2 Å². The monoisotopic (exact) mass is 216 g/mol. The molecule has 0 radical (unpaired) electrons. The fraction of sp³-hybridized carbons (Fsp3) is 0.300. The minimum Gasteiger partial charge on any atom is -0.372 e. The number of Topliss-reactive ketones (excluding diaryl/α,β-unsaturated/α-hetero) is 1. The van der Waals surface area contributed by atoms with Gasteiger partial charge in [0.1, 0.15) is 0 Å². The Kier molecular flexibility index (Phi) is 2.26. The van der Waals surface area contributed by atoms with Crippen molar-refractivity contribution in [3.63, 3.8) is 0 Å². The van der Waals surface area contributed by atoms with Crippen molar-refractivity contribution >= 4 is 5.78 Å². The average Bonchev–Trinajstić information content (AvgIpc) is 2.61. The molecule has 0 saturated carbocycles. The summed E-state index contributed by atoms with van der Waals surface area (Å²) >= 11 is 0. The Hall–Kier alpha value is -1.36. The van der Waals surface area contributed by atoms with Gasteiger partial charge in [-0.25, -0.2) is 0 Å². The van der Waals surface area contributed by atoms with Gasteiger partial charge in [-0.05, 0) is 17.2 Å². The normalized spacial score (nSPS) is 15.1. The maximum atomic E-state index is 12.1. The summed E-state index contributed by atoms with van der Waals surface area (Å²) in [6.07, 6.45) is -4.81. The predicted octanol–water partition coefficient (Wildman–Crippen LogP) is 2.46. The first-order valence-electron chi connectivity index (χ1n) is 4.29. The zero-order valence-electron chi connectivity index (χ0n) is 7.60. The molecule has 0 amide bonds. The van der Waals surface area contributed by atoms with Gasteiger partial charge in [0.15, 0.2) is 0 Å². The second kappa shape index (κ2) is 3.34. The molecule has 1 aliphatic rings. The van der Waals surface area contributed by atoms with Gasteiger partial charge >= 0.3 is 6.18 Å². The summed E-state index contributed by atoms with van der Waals surface area (Å²) in [7, 11) is 0. The molecule has 0 spiro atoms. The smallest absolute Gasteiger partial charge is 0.372 e. The number of ether oxygens (including phenoxy) is 1. The molecule has 80 valence electrons. The Morgan fingerprint density at radius 1 is 1.20 bits per heavy atom. The number of carbonyl (C=O) groups is 1. The van der Waals surface area contributed by atoms with Crippen molar-refractivity contribution in [2.24, 2.45) is 0 Å². The van der Waals surface area contributed by atoms with E-state index >= 15 is 0 Å². The van der Waals surface area contributed by atoms with E-state index < -0.39 is 12.0 Å². The Balaban J connectivity index is 2.35. The summed E-state index contributed by atoms with van der Waals surface area (Å²) in [5, 5.41) is 0. The van der Waals surface area contributed by atoms with Crippen molar-refractivity contribution in [1.29, 1.82) is 0 Å². The van der Waals surface area contributed by atoms with Gasteiger partial charge in [0, 0.05) is 5.56 Å². The van der Waals surface area contributed by atoms with E-state index in [1.54, 1.807) is 0 Å². The van der Waals surface area contributed by atoms with Crippen LogP contribution in [0.5, 0.6) is 0 Å². The van der Waals surface area contributed by atoms with Crippen molar-refractivity contribution in [2.75, 3.05) is 0 Å². The van der Waals surface area contributed by atoms with Gasteiger partial charge in [-0.15, -0.1) is 0 Å². The van der Waals surface area contributed by atoms with Crippen molar-refractivity contribution in [3.8, 4) is 0 Å². The number of halogens is 3. The van der Waals surface area contributed by atoms with Crippen molar-refractivity contribution < 1.29 is 22.7 Å². The lowest BCUT2D eigenvalue weighted by molar-refractivity contribution is -0.0885. The molecule has 0 bridgehead atoms. The summed E-state index contributed by atoms with van der Waals surface area (Å²) in [6, 6.07) is 3.93. The third-order valence-electron chi connectivity index (χ3n) is 2.24. The Morgan fingerprint density at radius 2 is 1.87 bits per heavy atom. The number of hydrogen-bond acceptors (Lipinski definition) is 2. The fourth-order valence-corrected chi connectivity index (χ4v) is 1.48. The molecule has 0 fully saturated rings. The van der Waals surface area contributed by atoms with Crippen molar-refractivity contribution in [2.45, 2.75) is 19.4 Å². The first-order valence-corrected chi connectivity index (χ1v) is 4.29. The zero-order valence-corrected chi connectivity index (χ0v) is 7.60. The highest BCUT2D eigenvalue weighted by molar-refractivity contribution is 6.00. The minimum absolute atomic E-state index is 0.272. The number of carbonyl (C=O) groups excluding carboxylic acids is 1. The van der Waals surface area contributed by atoms with Crippen LogP contribution in [-0.4, -0.2) is 12.0 Å². The van der Waals surface area contributed by atoms with Gasteiger partial charge in [-0.2, -0.15) is 13.2 Å². The first kappa shape index (κ1) is 10.2. The van der Waals surface area contributed by atoms with Gasteiger partial charge in [0.05, 0.1) is 13.2 Å². The molecule has 1 aromatic carbocycles. The summed E-state index contributed by atoms with van der Waals surface area (Å²) in [5.74, 6) is -1.81. The molecule has 0 saturated heterocycles. The van der Waals surface area contributed by atoms with Gasteiger partial charge in [-0.1, -0.05) is 12.1 Å². The van der Waals surface area contributed by atoms with Crippen LogP contribution in [0.2, 0.25) is 0 Å². The van der Waals surface area contributed by atoms with Crippen LogP contribution in [0.1, 0.15) is 21.5 Å². The molecular weight excluding hydrogens is 209 g/mol. The van der Waals surface area contributed by atoms with E-state index in [0.29, 0.717) is 12.2 Å². The van der Waals surface area contributed by atoms with E-state index in [-0.39, 0.29) is 12.2 Å². The standard InChI is InChI=1S/C10H7F3O2/c11-10(12,13)9(14)6-1-2-7-4-15-5-8(7)3-6/h1-3H,4-5H2. The summed E-state index contributed by atoms with van der Waals surface area (Å²) in [4.78, 5) is 10.9. The highest BCUT2D eigenvalue weighted by atomic mass is 19.4. The summed E-state index contributed by atoms with van der Waals surface area (Å²) in [5.41, 5.74) is 1.17. The Bertz CT molecular complexity index is 410. The molecule has 5 heteroatoms. The Morgan fingerprint density at radius 3 is 2.53 bits per heavy atom. The van der Waals surface area contributed by atoms with E-state index in [1.807, 2.05) is 0 Å². The molecular formula is C10H7F3O2. The number of fused-ring (bicyclic) bond motifs is 1. The van der Waals surface area contributed by atoms with Crippen LogP contribution < -0.4 is 0 Å². The molecule has 0 aliphatic carbocycles. The van der Waals surface area contributed by atoms with Gasteiger partial charge < -0.3 is 4.74 Å². The molecule has 1 aromatic rings. The SMILES string of the molecule is O=C(c1ccc2c(c1)COC2)C(F)(F)F. The molecule has 0 atom stereocenters. The lowest BCUT2D eigenvalue weighted by Crippen LogP contribution is -2.22. The number of rotatable bonds is 1. The van der Waals surface area contributed by atoms with Crippen molar-refractivity contribution in [3.05, 3.63) is 34.9 Å². The van der Waals surface area contributed by atoms with E-state index in [0.717, 1.165) is 5.56 Å². The molecule has 1 heterocycles. The van der Waals surface area contributed by atoms with E-state index in [1.165, 1.54) is 18.2 Å². The predicted molar refractivity (Wildman–Crippen MR) is 45.3 cm³/mol. The molecule has 2 rings (SSSR count). The first-order chi connectivity index (χ1) is 6.98. The van der Waals surface area contributed by atoms with E-state index in [9.17, 15) is 18.0 Å². The van der Waals surface area contributed by atoms with Gasteiger partial charge in [0.25, 0.3) is 5.78 Å². The van der Waals surface area contributed by atoms with E-state index in [4.69, 9.17) is 4.74 Å². The maximum absolute atomic E-state index is 12.1. The maximum Gasteiger partial charge on any atom is 0.454 e. The molecule has 2 nitrogen and oxygen atoms in total. The van der Waals surface area contributed by atoms with Gasteiger partial charge in [0.2, 0.25) is 0 Å². The highest BCUT2D eigenvalue weighted by Crippen LogP contribution is 2.25. The van der Waals surface area contributed by atoms with Crippen LogP contribution >= 0.6 is 0 Å². The van der Waals surface area contributed by atoms with E-state index in [2.05, 4.69) is 0 Å². The lowest BCUT2D eigenvalue weighted by atomic mass is 10.0. The largest absolute Gasteiger partial charge is 0.454 e.